The third-order valence-electron chi connectivity index (χ3n) is 4.96. The van der Waals surface area contributed by atoms with E-state index < -0.39 is 23.6 Å². The van der Waals surface area contributed by atoms with Crippen molar-refractivity contribution in [1.82, 2.24) is 4.90 Å². The van der Waals surface area contributed by atoms with Crippen LogP contribution in [-0.2, 0) is 22.3 Å². The minimum absolute atomic E-state index is 0.00286. The first kappa shape index (κ1) is 21.1. The Bertz CT molecular complexity index is 1250. The molecule has 0 spiro atoms. The van der Waals surface area contributed by atoms with Gasteiger partial charge in [-0.15, -0.1) is 0 Å². The zero-order valence-corrected chi connectivity index (χ0v) is 16.7. The van der Waals surface area contributed by atoms with Crippen LogP contribution >= 0.6 is 0 Å². The van der Waals surface area contributed by atoms with E-state index in [1.165, 1.54) is 12.1 Å². The van der Waals surface area contributed by atoms with Crippen LogP contribution in [0.2, 0.25) is 0 Å². The van der Waals surface area contributed by atoms with Gasteiger partial charge in [-0.2, -0.15) is 13.2 Å². The molecule has 6 heteroatoms. The highest BCUT2D eigenvalue weighted by Gasteiger charge is 2.39. The summed E-state index contributed by atoms with van der Waals surface area (Å²) in [6.07, 6.45) is -4.50. The molecule has 0 N–H and O–H groups in total. The number of halogens is 3. The number of hydrogen-bond acceptors (Lipinski definition) is 2. The minimum Gasteiger partial charge on any atom is -0.269 e. The first-order valence-electron chi connectivity index (χ1n) is 9.73. The van der Waals surface area contributed by atoms with Gasteiger partial charge in [0.2, 0.25) is 0 Å². The lowest BCUT2D eigenvalue weighted by molar-refractivity contribution is -0.138. The highest BCUT2D eigenvalue weighted by atomic mass is 19.4. The molecule has 3 aromatic rings. The standard InChI is InChI=1S/C26H16F3NO2/c27-26(28,29)21-14-12-20(13-15-21)23-22(16-11-18-7-3-1-4-8-18)24(31)30(25(23)32)17-19-9-5-2-6-10-19/h1-10,12-15H,17H2. The summed E-state index contributed by atoms with van der Waals surface area (Å²) in [6, 6.07) is 22.1. The molecule has 32 heavy (non-hydrogen) atoms. The molecule has 0 saturated carbocycles. The molecular formula is C26H16F3NO2. The molecule has 0 saturated heterocycles. The number of nitrogens with zero attached hydrogens (tertiary/aromatic N) is 1. The highest BCUT2D eigenvalue weighted by molar-refractivity contribution is 6.37. The molecule has 1 aliphatic rings. The Kier molecular flexibility index (Phi) is 5.65. The van der Waals surface area contributed by atoms with Gasteiger partial charge in [0, 0.05) is 5.56 Å². The zero-order chi connectivity index (χ0) is 22.7. The molecule has 3 aromatic carbocycles. The lowest BCUT2D eigenvalue weighted by atomic mass is 10.00. The Balaban J connectivity index is 1.77. The van der Waals surface area contributed by atoms with Crippen molar-refractivity contribution in [2.75, 3.05) is 0 Å². The molecule has 0 radical (unpaired) electrons. The minimum atomic E-state index is -4.50. The maximum atomic E-state index is 13.2. The Labute approximate surface area is 182 Å². The van der Waals surface area contributed by atoms with Gasteiger partial charge in [-0.05, 0) is 35.4 Å². The normalized spacial score (nSPS) is 13.9. The van der Waals surface area contributed by atoms with E-state index in [9.17, 15) is 22.8 Å². The van der Waals surface area contributed by atoms with Crippen molar-refractivity contribution < 1.29 is 22.8 Å². The Hall–Kier alpha value is -4.11. The predicted octanol–water partition coefficient (Wildman–Crippen LogP) is 5.08. The lowest BCUT2D eigenvalue weighted by Crippen LogP contribution is -2.31. The van der Waals surface area contributed by atoms with E-state index in [4.69, 9.17) is 0 Å². The van der Waals surface area contributed by atoms with Crippen molar-refractivity contribution >= 4 is 17.4 Å². The molecule has 0 atom stereocenters. The fraction of sp³-hybridized carbons (Fsp3) is 0.0769. The summed E-state index contributed by atoms with van der Waals surface area (Å²) in [7, 11) is 0. The van der Waals surface area contributed by atoms with Crippen molar-refractivity contribution in [2.24, 2.45) is 0 Å². The van der Waals surface area contributed by atoms with E-state index in [0.717, 1.165) is 22.6 Å². The predicted molar refractivity (Wildman–Crippen MR) is 114 cm³/mol. The molecule has 1 heterocycles. The second-order valence-electron chi connectivity index (χ2n) is 7.12. The second-order valence-corrected chi connectivity index (χ2v) is 7.12. The fourth-order valence-electron chi connectivity index (χ4n) is 3.35. The van der Waals surface area contributed by atoms with Crippen LogP contribution in [0.25, 0.3) is 5.57 Å². The van der Waals surface area contributed by atoms with E-state index in [1.807, 2.05) is 12.1 Å². The summed E-state index contributed by atoms with van der Waals surface area (Å²) in [5.41, 5.74) is 0.741. The average Bonchev–Trinajstić information content (AvgIpc) is 3.03. The monoisotopic (exact) mass is 431 g/mol. The van der Waals surface area contributed by atoms with Gasteiger partial charge in [0.25, 0.3) is 11.8 Å². The molecule has 158 valence electrons. The molecule has 4 rings (SSSR count). The van der Waals surface area contributed by atoms with Crippen LogP contribution in [0, 0.1) is 11.8 Å². The van der Waals surface area contributed by atoms with Crippen LogP contribution in [-0.4, -0.2) is 16.7 Å². The van der Waals surface area contributed by atoms with Crippen LogP contribution in [0.3, 0.4) is 0 Å². The Morgan fingerprint density at radius 3 is 1.91 bits per heavy atom. The Morgan fingerprint density at radius 2 is 1.31 bits per heavy atom. The molecule has 2 amide bonds. The maximum Gasteiger partial charge on any atom is 0.416 e. The number of carbonyl (C=O) groups is 2. The summed E-state index contributed by atoms with van der Waals surface area (Å²) >= 11 is 0. The summed E-state index contributed by atoms with van der Waals surface area (Å²) in [5.74, 6) is 4.49. The topological polar surface area (TPSA) is 37.4 Å². The van der Waals surface area contributed by atoms with Crippen molar-refractivity contribution in [1.29, 1.82) is 0 Å². The van der Waals surface area contributed by atoms with Gasteiger partial charge in [0.1, 0.15) is 5.57 Å². The third kappa shape index (κ3) is 4.33. The van der Waals surface area contributed by atoms with Gasteiger partial charge in [-0.1, -0.05) is 72.5 Å². The van der Waals surface area contributed by atoms with Crippen molar-refractivity contribution in [2.45, 2.75) is 12.7 Å². The van der Waals surface area contributed by atoms with E-state index in [-0.39, 0.29) is 23.3 Å². The molecule has 0 bridgehead atoms. The smallest absolute Gasteiger partial charge is 0.269 e. The van der Waals surface area contributed by atoms with Gasteiger partial charge in [-0.25, -0.2) is 0 Å². The molecule has 0 aliphatic carbocycles. The maximum absolute atomic E-state index is 13.2. The van der Waals surface area contributed by atoms with E-state index in [2.05, 4.69) is 11.8 Å². The van der Waals surface area contributed by atoms with Gasteiger partial charge >= 0.3 is 6.18 Å². The fourth-order valence-corrected chi connectivity index (χ4v) is 3.35. The van der Waals surface area contributed by atoms with E-state index in [0.29, 0.717) is 5.56 Å². The van der Waals surface area contributed by atoms with Crippen LogP contribution in [0.5, 0.6) is 0 Å². The van der Waals surface area contributed by atoms with Crippen LogP contribution < -0.4 is 0 Å². The number of rotatable bonds is 3. The quantitative estimate of drug-likeness (QED) is 0.429. The molecule has 0 aromatic heterocycles. The van der Waals surface area contributed by atoms with Crippen LogP contribution in [0.4, 0.5) is 13.2 Å². The van der Waals surface area contributed by atoms with Gasteiger partial charge in [-0.3, -0.25) is 14.5 Å². The highest BCUT2D eigenvalue weighted by Crippen LogP contribution is 2.33. The summed E-state index contributed by atoms with van der Waals surface area (Å²) < 4.78 is 38.9. The summed E-state index contributed by atoms with van der Waals surface area (Å²) in [5, 5.41) is 0. The SMILES string of the molecule is O=C1C(C#Cc2ccccc2)=C(c2ccc(C(F)(F)F)cc2)C(=O)N1Cc1ccccc1. The van der Waals surface area contributed by atoms with Gasteiger partial charge in [0.15, 0.2) is 0 Å². The molecule has 0 unspecified atom stereocenters. The average molecular weight is 431 g/mol. The lowest BCUT2D eigenvalue weighted by Gasteiger charge is -2.15. The first-order valence-corrected chi connectivity index (χ1v) is 9.73. The second kappa shape index (κ2) is 8.56. The third-order valence-corrected chi connectivity index (χ3v) is 4.96. The number of alkyl halides is 3. The van der Waals surface area contributed by atoms with Crippen LogP contribution in [0.15, 0.2) is 90.5 Å². The van der Waals surface area contributed by atoms with Crippen molar-refractivity contribution in [3.05, 3.63) is 113 Å². The number of hydrogen-bond donors (Lipinski definition) is 0. The number of benzene rings is 3. The number of amides is 2. The van der Waals surface area contributed by atoms with Gasteiger partial charge < -0.3 is 0 Å². The molecule has 0 fully saturated rings. The largest absolute Gasteiger partial charge is 0.416 e. The molecular weight excluding hydrogens is 415 g/mol. The van der Waals surface area contributed by atoms with E-state index in [1.54, 1.807) is 48.5 Å². The van der Waals surface area contributed by atoms with E-state index >= 15 is 0 Å². The number of imide groups is 1. The first-order chi connectivity index (χ1) is 15.3. The van der Waals surface area contributed by atoms with Gasteiger partial charge in [0.05, 0.1) is 17.7 Å². The summed E-state index contributed by atoms with van der Waals surface area (Å²) in [6.45, 7) is 0.0408. The van der Waals surface area contributed by atoms with Crippen molar-refractivity contribution in [3.8, 4) is 11.8 Å². The Morgan fingerprint density at radius 1 is 0.719 bits per heavy atom. The van der Waals surface area contributed by atoms with Crippen molar-refractivity contribution in [3.63, 3.8) is 0 Å². The molecule has 3 nitrogen and oxygen atoms in total. The zero-order valence-electron chi connectivity index (χ0n) is 16.7. The summed E-state index contributed by atoms with van der Waals surface area (Å²) in [4.78, 5) is 27.4. The molecule has 1 aliphatic heterocycles. The number of carbonyl (C=O) groups excluding carboxylic acids is 2. The van der Waals surface area contributed by atoms with Crippen LogP contribution in [0.1, 0.15) is 22.3 Å².